The summed E-state index contributed by atoms with van der Waals surface area (Å²) in [6, 6.07) is 5.95. The quantitative estimate of drug-likeness (QED) is 0.709. The molecule has 112 valence electrons. The van der Waals surface area contributed by atoms with Gasteiger partial charge in [-0.05, 0) is 25.1 Å². The lowest BCUT2D eigenvalue weighted by atomic mass is 10.1. The van der Waals surface area contributed by atoms with Crippen LogP contribution in [0.1, 0.15) is 24.5 Å². The Bertz CT molecular complexity index is 802. The molecule has 0 fully saturated rings. The minimum absolute atomic E-state index is 0.0517. The lowest BCUT2D eigenvalue weighted by Gasteiger charge is -2.34. The van der Waals surface area contributed by atoms with Crippen molar-refractivity contribution in [1.29, 1.82) is 0 Å². The molecule has 0 saturated carbocycles. The molecule has 1 aliphatic heterocycles. The van der Waals surface area contributed by atoms with Gasteiger partial charge < -0.3 is 9.47 Å². The lowest BCUT2D eigenvalue weighted by Crippen LogP contribution is -2.41. The smallest absolute Gasteiger partial charge is 0.252 e. The molecule has 7 heteroatoms. The van der Waals surface area contributed by atoms with Crippen LogP contribution in [0.4, 0.5) is 0 Å². The zero-order chi connectivity index (χ0) is 15.1. The number of hydrogen-bond donors (Lipinski definition) is 0. The average Bonchev–Trinajstić information content (AvgIpc) is 3.13. The maximum Gasteiger partial charge on any atom is 0.252 e. The molecule has 7 nitrogen and oxygen atoms in total. The zero-order valence-electron chi connectivity index (χ0n) is 12.3. The van der Waals surface area contributed by atoms with E-state index in [1.165, 1.54) is 5.69 Å². The van der Waals surface area contributed by atoms with Gasteiger partial charge in [0, 0.05) is 37.4 Å². The number of amides is 1. The maximum atomic E-state index is 12.6. The first-order chi connectivity index (χ1) is 10.7. The van der Waals surface area contributed by atoms with E-state index in [0.717, 1.165) is 6.54 Å². The van der Waals surface area contributed by atoms with E-state index in [4.69, 9.17) is 0 Å². The molecule has 1 amide bonds. The van der Waals surface area contributed by atoms with E-state index in [1.807, 2.05) is 11.0 Å². The second-order valence-corrected chi connectivity index (χ2v) is 5.46. The third-order valence-electron chi connectivity index (χ3n) is 4.13. The minimum atomic E-state index is 0.0517. The van der Waals surface area contributed by atoms with Crippen LogP contribution >= 0.6 is 0 Å². The fourth-order valence-corrected chi connectivity index (χ4v) is 3.01. The Hall–Kier alpha value is -2.70. The molecule has 4 heterocycles. The standard InChI is InChI=1S/C15H16N6O/c1-11-12-4-2-6-19(12)8-9-20(11)14(22)10-13-17-15-16-5-3-7-21(15)18-13/h2-7,11H,8-10H2,1H3/t11-/m0/s1. The van der Waals surface area contributed by atoms with Gasteiger partial charge >= 0.3 is 0 Å². The van der Waals surface area contributed by atoms with Crippen LogP contribution in [0, 0.1) is 0 Å². The number of aromatic nitrogens is 5. The number of fused-ring (bicyclic) bond motifs is 2. The Morgan fingerprint density at radius 1 is 1.32 bits per heavy atom. The third-order valence-corrected chi connectivity index (χ3v) is 4.13. The first kappa shape index (κ1) is 13.0. The van der Waals surface area contributed by atoms with Gasteiger partial charge in [0.2, 0.25) is 5.91 Å². The highest BCUT2D eigenvalue weighted by molar-refractivity contribution is 5.78. The first-order valence-electron chi connectivity index (χ1n) is 7.33. The van der Waals surface area contributed by atoms with E-state index in [1.54, 1.807) is 23.0 Å². The Labute approximate surface area is 127 Å². The van der Waals surface area contributed by atoms with Gasteiger partial charge in [-0.3, -0.25) is 4.79 Å². The van der Waals surface area contributed by atoms with Gasteiger partial charge in [0.1, 0.15) is 0 Å². The molecular weight excluding hydrogens is 280 g/mol. The number of carbonyl (C=O) groups excluding carboxylic acids is 1. The van der Waals surface area contributed by atoms with E-state index in [2.05, 4.69) is 38.8 Å². The second-order valence-electron chi connectivity index (χ2n) is 5.46. The number of rotatable bonds is 2. The Morgan fingerprint density at radius 3 is 3.09 bits per heavy atom. The molecule has 4 rings (SSSR count). The highest BCUT2D eigenvalue weighted by Crippen LogP contribution is 2.25. The molecule has 0 bridgehead atoms. The summed E-state index contributed by atoms with van der Waals surface area (Å²) in [5.41, 5.74) is 1.17. The fraction of sp³-hybridized carbons (Fsp3) is 0.333. The van der Waals surface area contributed by atoms with Crippen LogP contribution in [0.5, 0.6) is 0 Å². The molecule has 0 aromatic carbocycles. The highest BCUT2D eigenvalue weighted by atomic mass is 16.2. The van der Waals surface area contributed by atoms with Gasteiger partial charge in [0.15, 0.2) is 5.82 Å². The van der Waals surface area contributed by atoms with Crippen molar-refractivity contribution in [2.24, 2.45) is 0 Å². The summed E-state index contributed by atoms with van der Waals surface area (Å²) < 4.78 is 3.79. The zero-order valence-corrected chi connectivity index (χ0v) is 12.3. The van der Waals surface area contributed by atoms with Crippen LogP contribution in [0.3, 0.4) is 0 Å². The average molecular weight is 296 g/mol. The number of hydrogen-bond acceptors (Lipinski definition) is 4. The topological polar surface area (TPSA) is 68.3 Å². The van der Waals surface area contributed by atoms with Crippen molar-refractivity contribution in [2.45, 2.75) is 25.9 Å². The molecule has 22 heavy (non-hydrogen) atoms. The van der Waals surface area contributed by atoms with Gasteiger partial charge in [-0.15, -0.1) is 5.10 Å². The summed E-state index contributed by atoms with van der Waals surface area (Å²) >= 11 is 0. The van der Waals surface area contributed by atoms with Crippen molar-refractivity contribution in [3.8, 4) is 0 Å². The van der Waals surface area contributed by atoms with E-state index >= 15 is 0 Å². The molecule has 0 spiro atoms. The predicted octanol–water partition coefficient (Wildman–Crippen LogP) is 1.07. The monoisotopic (exact) mass is 296 g/mol. The second kappa shape index (κ2) is 4.94. The molecule has 0 radical (unpaired) electrons. The van der Waals surface area contributed by atoms with Crippen LogP contribution in [-0.4, -0.2) is 41.5 Å². The summed E-state index contributed by atoms with van der Waals surface area (Å²) in [6.45, 7) is 3.60. The van der Waals surface area contributed by atoms with E-state index in [-0.39, 0.29) is 18.4 Å². The first-order valence-corrected chi connectivity index (χ1v) is 7.33. The molecule has 0 unspecified atom stereocenters. The van der Waals surface area contributed by atoms with E-state index in [9.17, 15) is 4.79 Å². The number of carbonyl (C=O) groups is 1. The molecule has 0 N–H and O–H groups in total. The third kappa shape index (κ3) is 2.05. The molecule has 1 atom stereocenters. The van der Waals surface area contributed by atoms with Gasteiger partial charge in [-0.1, -0.05) is 0 Å². The van der Waals surface area contributed by atoms with Crippen LogP contribution < -0.4 is 0 Å². The van der Waals surface area contributed by atoms with Gasteiger partial charge in [0.25, 0.3) is 5.78 Å². The predicted molar refractivity (Wildman–Crippen MR) is 79.0 cm³/mol. The van der Waals surface area contributed by atoms with Crippen molar-refractivity contribution in [3.05, 3.63) is 48.3 Å². The van der Waals surface area contributed by atoms with Crippen LogP contribution in [0.25, 0.3) is 5.78 Å². The Balaban J connectivity index is 1.55. The number of nitrogens with zero attached hydrogens (tertiary/aromatic N) is 6. The van der Waals surface area contributed by atoms with Gasteiger partial charge in [-0.25, -0.2) is 9.50 Å². The van der Waals surface area contributed by atoms with Gasteiger partial charge in [-0.2, -0.15) is 4.98 Å². The molecule has 0 aliphatic carbocycles. The molecule has 3 aromatic heterocycles. The summed E-state index contributed by atoms with van der Waals surface area (Å²) in [4.78, 5) is 22.9. The fourth-order valence-electron chi connectivity index (χ4n) is 3.01. The van der Waals surface area contributed by atoms with Crippen molar-refractivity contribution in [1.82, 2.24) is 29.0 Å². The normalized spacial score (nSPS) is 17.7. The minimum Gasteiger partial charge on any atom is -0.348 e. The van der Waals surface area contributed by atoms with Crippen LogP contribution in [-0.2, 0) is 17.8 Å². The Morgan fingerprint density at radius 2 is 2.23 bits per heavy atom. The summed E-state index contributed by atoms with van der Waals surface area (Å²) in [5.74, 6) is 1.08. The molecule has 0 saturated heterocycles. The molecule has 3 aromatic rings. The van der Waals surface area contributed by atoms with E-state index < -0.39 is 0 Å². The molecular formula is C15H16N6O. The lowest BCUT2D eigenvalue weighted by molar-refractivity contribution is -0.133. The SMILES string of the molecule is C[C@H]1c2cccn2CCN1C(=O)Cc1nc2ncccn2n1. The summed E-state index contributed by atoms with van der Waals surface area (Å²) in [7, 11) is 0. The van der Waals surface area contributed by atoms with Crippen LogP contribution in [0.2, 0.25) is 0 Å². The van der Waals surface area contributed by atoms with Crippen molar-refractivity contribution in [3.63, 3.8) is 0 Å². The van der Waals surface area contributed by atoms with Crippen molar-refractivity contribution >= 4 is 11.7 Å². The Kier molecular flexibility index (Phi) is 2.92. The van der Waals surface area contributed by atoms with Crippen molar-refractivity contribution < 1.29 is 4.79 Å². The maximum absolute atomic E-state index is 12.6. The summed E-state index contributed by atoms with van der Waals surface area (Å²) in [5, 5.41) is 4.30. The van der Waals surface area contributed by atoms with Crippen molar-refractivity contribution in [2.75, 3.05) is 6.54 Å². The molecule has 1 aliphatic rings. The summed E-state index contributed by atoms with van der Waals surface area (Å²) in [6.07, 6.45) is 5.70. The van der Waals surface area contributed by atoms with Gasteiger partial charge in [0.05, 0.1) is 12.5 Å². The van der Waals surface area contributed by atoms with Crippen LogP contribution in [0.15, 0.2) is 36.8 Å². The highest BCUT2D eigenvalue weighted by Gasteiger charge is 2.28. The van der Waals surface area contributed by atoms with E-state index in [0.29, 0.717) is 18.1 Å². The largest absolute Gasteiger partial charge is 0.348 e.